The lowest BCUT2D eigenvalue weighted by Gasteiger charge is -2.34. The van der Waals surface area contributed by atoms with Gasteiger partial charge in [0.15, 0.2) is 0 Å². The van der Waals surface area contributed by atoms with E-state index in [1.165, 1.54) is 48.1 Å². The second-order valence-corrected chi connectivity index (χ2v) is 6.00. The zero-order valence-electron chi connectivity index (χ0n) is 11.4. The molecular formula is C15H23BrN2. The fraction of sp³-hybridized carbons (Fsp3) is 0.600. The first-order valence-corrected chi connectivity index (χ1v) is 7.74. The van der Waals surface area contributed by atoms with Crippen molar-refractivity contribution in [1.29, 1.82) is 0 Å². The van der Waals surface area contributed by atoms with Gasteiger partial charge in [-0.3, -0.25) is 0 Å². The lowest BCUT2D eigenvalue weighted by Crippen LogP contribution is -2.42. The summed E-state index contributed by atoms with van der Waals surface area (Å²) in [5.41, 5.74) is 2.68. The van der Waals surface area contributed by atoms with Crippen LogP contribution in [0, 0.1) is 6.92 Å². The largest absolute Gasteiger partial charge is 0.371 e. The Labute approximate surface area is 119 Å². The highest BCUT2D eigenvalue weighted by atomic mass is 79.9. The Bertz CT molecular complexity index is 384. The summed E-state index contributed by atoms with van der Waals surface area (Å²) in [5, 5.41) is 3.63. The predicted octanol–water partition coefficient (Wildman–Crippen LogP) is 3.73. The van der Waals surface area contributed by atoms with E-state index in [-0.39, 0.29) is 0 Å². The Kier molecular flexibility index (Phi) is 5.07. The number of anilines is 1. The molecule has 1 aliphatic rings. The topological polar surface area (TPSA) is 15.3 Å². The lowest BCUT2D eigenvalue weighted by molar-refractivity contribution is 0.416. The number of benzene rings is 1. The second kappa shape index (κ2) is 6.58. The number of piperidine rings is 1. The molecule has 0 aliphatic carbocycles. The van der Waals surface area contributed by atoms with Gasteiger partial charge in [-0.05, 0) is 56.5 Å². The quantitative estimate of drug-likeness (QED) is 0.911. The third-order valence-electron chi connectivity index (χ3n) is 3.68. The van der Waals surface area contributed by atoms with Crippen molar-refractivity contribution in [1.82, 2.24) is 5.32 Å². The SMILES string of the molecule is CCCNC1CCN(c2ccc(Br)c(C)c2)CC1. The standard InChI is InChI=1S/C15H23BrN2/c1-3-8-17-13-6-9-18(10-7-13)14-4-5-15(16)12(2)11-14/h4-5,11,13,17H,3,6-10H2,1-2H3. The molecule has 100 valence electrons. The first-order valence-electron chi connectivity index (χ1n) is 6.95. The summed E-state index contributed by atoms with van der Waals surface area (Å²) < 4.78 is 1.20. The van der Waals surface area contributed by atoms with Crippen molar-refractivity contribution in [2.75, 3.05) is 24.5 Å². The molecule has 0 saturated carbocycles. The smallest absolute Gasteiger partial charge is 0.0369 e. The monoisotopic (exact) mass is 310 g/mol. The number of aryl methyl sites for hydroxylation is 1. The van der Waals surface area contributed by atoms with E-state index < -0.39 is 0 Å². The van der Waals surface area contributed by atoms with Gasteiger partial charge in [0.05, 0.1) is 0 Å². The van der Waals surface area contributed by atoms with Crippen LogP contribution in [-0.2, 0) is 0 Å². The Balaban J connectivity index is 1.90. The molecule has 1 N–H and O–H groups in total. The maximum Gasteiger partial charge on any atom is 0.0369 e. The van der Waals surface area contributed by atoms with Crippen molar-refractivity contribution >= 4 is 21.6 Å². The summed E-state index contributed by atoms with van der Waals surface area (Å²) in [5.74, 6) is 0. The van der Waals surface area contributed by atoms with Crippen LogP contribution in [0.4, 0.5) is 5.69 Å². The van der Waals surface area contributed by atoms with Crippen molar-refractivity contribution in [2.45, 2.75) is 39.2 Å². The van der Waals surface area contributed by atoms with Gasteiger partial charge in [-0.2, -0.15) is 0 Å². The number of halogens is 1. The summed E-state index contributed by atoms with van der Waals surface area (Å²) in [6.07, 6.45) is 3.75. The van der Waals surface area contributed by atoms with Crippen LogP contribution in [0.25, 0.3) is 0 Å². The van der Waals surface area contributed by atoms with Crippen LogP contribution in [0.15, 0.2) is 22.7 Å². The first kappa shape index (κ1) is 13.9. The van der Waals surface area contributed by atoms with E-state index in [9.17, 15) is 0 Å². The molecule has 0 unspecified atom stereocenters. The van der Waals surface area contributed by atoms with Gasteiger partial charge in [-0.15, -0.1) is 0 Å². The van der Waals surface area contributed by atoms with Crippen molar-refractivity contribution in [3.8, 4) is 0 Å². The van der Waals surface area contributed by atoms with Crippen molar-refractivity contribution in [2.24, 2.45) is 0 Å². The normalized spacial score (nSPS) is 17.2. The minimum absolute atomic E-state index is 0.720. The summed E-state index contributed by atoms with van der Waals surface area (Å²) in [4.78, 5) is 2.50. The zero-order valence-corrected chi connectivity index (χ0v) is 13.0. The molecule has 2 rings (SSSR count). The Morgan fingerprint density at radius 2 is 2.06 bits per heavy atom. The van der Waals surface area contributed by atoms with Gasteiger partial charge in [-0.25, -0.2) is 0 Å². The summed E-state index contributed by atoms with van der Waals surface area (Å²) in [7, 11) is 0. The van der Waals surface area contributed by atoms with Gasteiger partial charge < -0.3 is 10.2 Å². The molecule has 1 fully saturated rings. The summed E-state index contributed by atoms with van der Waals surface area (Å²) >= 11 is 3.56. The van der Waals surface area contributed by atoms with Crippen molar-refractivity contribution < 1.29 is 0 Å². The van der Waals surface area contributed by atoms with E-state index in [4.69, 9.17) is 0 Å². The molecule has 1 saturated heterocycles. The first-order chi connectivity index (χ1) is 8.70. The van der Waals surface area contributed by atoms with Crippen LogP contribution in [0.3, 0.4) is 0 Å². The van der Waals surface area contributed by atoms with Gasteiger partial charge >= 0.3 is 0 Å². The average Bonchev–Trinajstić information content (AvgIpc) is 2.40. The highest BCUT2D eigenvalue weighted by molar-refractivity contribution is 9.10. The number of nitrogens with zero attached hydrogens (tertiary/aromatic N) is 1. The van der Waals surface area contributed by atoms with Gasteiger partial charge in [0.2, 0.25) is 0 Å². The molecule has 3 heteroatoms. The van der Waals surface area contributed by atoms with Crippen LogP contribution in [0.1, 0.15) is 31.7 Å². The van der Waals surface area contributed by atoms with Crippen LogP contribution in [0.5, 0.6) is 0 Å². The van der Waals surface area contributed by atoms with Gasteiger partial charge in [0.1, 0.15) is 0 Å². The molecule has 18 heavy (non-hydrogen) atoms. The Hall–Kier alpha value is -0.540. The fourth-order valence-corrected chi connectivity index (χ4v) is 2.76. The number of hydrogen-bond acceptors (Lipinski definition) is 2. The number of rotatable bonds is 4. The van der Waals surface area contributed by atoms with Crippen LogP contribution >= 0.6 is 15.9 Å². The molecule has 1 heterocycles. The molecule has 1 aromatic carbocycles. The molecule has 0 atom stereocenters. The van der Waals surface area contributed by atoms with E-state index in [0.717, 1.165) is 12.6 Å². The van der Waals surface area contributed by atoms with Crippen LogP contribution in [-0.4, -0.2) is 25.7 Å². The minimum atomic E-state index is 0.720. The highest BCUT2D eigenvalue weighted by Gasteiger charge is 2.18. The molecule has 0 amide bonds. The van der Waals surface area contributed by atoms with Gasteiger partial charge in [0.25, 0.3) is 0 Å². The van der Waals surface area contributed by atoms with E-state index >= 15 is 0 Å². The molecule has 0 spiro atoms. The molecule has 2 nitrogen and oxygen atoms in total. The Morgan fingerprint density at radius 1 is 1.33 bits per heavy atom. The van der Waals surface area contributed by atoms with E-state index in [2.05, 4.69) is 58.2 Å². The second-order valence-electron chi connectivity index (χ2n) is 5.15. The molecule has 1 aromatic rings. The van der Waals surface area contributed by atoms with Crippen LogP contribution < -0.4 is 10.2 Å². The van der Waals surface area contributed by atoms with Gasteiger partial charge in [0, 0.05) is 29.3 Å². The average molecular weight is 311 g/mol. The molecule has 1 aliphatic heterocycles. The lowest BCUT2D eigenvalue weighted by atomic mass is 10.0. The molecule has 0 bridgehead atoms. The molecule has 0 aromatic heterocycles. The molecule has 0 radical (unpaired) electrons. The third kappa shape index (κ3) is 3.48. The number of hydrogen-bond donors (Lipinski definition) is 1. The van der Waals surface area contributed by atoms with E-state index in [1.54, 1.807) is 0 Å². The van der Waals surface area contributed by atoms with Crippen LogP contribution in [0.2, 0.25) is 0 Å². The Morgan fingerprint density at radius 3 is 2.67 bits per heavy atom. The van der Waals surface area contributed by atoms with Gasteiger partial charge in [-0.1, -0.05) is 22.9 Å². The minimum Gasteiger partial charge on any atom is -0.371 e. The summed E-state index contributed by atoms with van der Waals surface area (Å²) in [6, 6.07) is 7.38. The fourth-order valence-electron chi connectivity index (χ4n) is 2.52. The highest BCUT2D eigenvalue weighted by Crippen LogP contribution is 2.25. The van der Waals surface area contributed by atoms with E-state index in [0.29, 0.717) is 0 Å². The maximum atomic E-state index is 3.63. The number of nitrogens with one attached hydrogen (secondary N) is 1. The third-order valence-corrected chi connectivity index (χ3v) is 4.57. The maximum absolute atomic E-state index is 3.63. The predicted molar refractivity (Wildman–Crippen MR) is 82.4 cm³/mol. The zero-order chi connectivity index (χ0) is 13.0. The molecular weight excluding hydrogens is 288 g/mol. The van der Waals surface area contributed by atoms with Crippen molar-refractivity contribution in [3.05, 3.63) is 28.2 Å². The summed E-state index contributed by atoms with van der Waals surface area (Å²) in [6.45, 7) is 7.88. The van der Waals surface area contributed by atoms with E-state index in [1.807, 2.05) is 0 Å². The van der Waals surface area contributed by atoms with Crippen molar-refractivity contribution in [3.63, 3.8) is 0 Å².